The quantitative estimate of drug-likeness (QED) is 0.906. The Morgan fingerprint density at radius 2 is 2.11 bits per heavy atom. The van der Waals surface area contributed by atoms with Crippen LogP contribution in [0, 0.1) is 12.7 Å². The molecule has 3 nitrogen and oxygen atoms in total. The Balaban J connectivity index is 2.41. The highest BCUT2D eigenvalue weighted by Crippen LogP contribution is 2.29. The molecule has 1 atom stereocenters. The van der Waals surface area contributed by atoms with Gasteiger partial charge in [-0.15, -0.1) is 0 Å². The number of aliphatic hydroxyl groups excluding tert-OH is 1. The molecule has 0 fully saturated rings. The first-order valence-corrected chi connectivity index (χ1v) is 5.55. The maximum absolute atomic E-state index is 13.5. The first kappa shape index (κ1) is 12.5. The van der Waals surface area contributed by atoms with E-state index in [1.54, 1.807) is 31.3 Å². The van der Waals surface area contributed by atoms with Crippen LogP contribution in [0.15, 0.2) is 36.7 Å². The van der Waals surface area contributed by atoms with Crippen LogP contribution in [-0.2, 0) is 0 Å². The Morgan fingerprint density at radius 1 is 1.33 bits per heavy atom. The highest BCUT2D eigenvalue weighted by Gasteiger charge is 2.16. The van der Waals surface area contributed by atoms with Gasteiger partial charge in [-0.25, -0.2) is 4.39 Å². The molecule has 0 spiro atoms. The number of aryl methyl sites for hydroxylation is 1. The van der Waals surface area contributed by atoms with E-state index in [4.69, 9.17) is 4.74 Å². The van der Waals surface area contributed by atoms with Crippen molar-refractivity contribution in [1.29, 1.82) is 0 Å². The van der Waals surface area contributed by atoms with E-state index in [0.717, 1.165) is 0 Å². The second-order valence-electron chi connectivity index (χ2n) is 4.03. The lowest BCUT2D eigenvalue weighted by Crippen LogP contribution is -2.03. The third-order valence-electron chi connectivity index (χ3n) is 2.84. The number of benzene rings is 1. The molecule has 1 aromatic heterocycles. The predicted octanol–water partition coefficient (Wildman–Crippen LogP) is 2.62. The monoisotopic (exact) mass is 247 g/mol. The minimum absolute atomic E-state index is 0.334. The molecule has 94 valence electrons. The number of hydrogen-bond acceptors (Lipinski definition) is 3. The van der Waals surface area contributed by atoms with E-state index < -0.39 is 6.10 Å². The van der Waals surface area contributed by atoms with Crippen LogP contribution in [0.4, 0.5) is 4.39 Å². The number of ether oxygens (including phenoxy) is 1. The van der Waals surface area contributed by atoms with Crippen molar-refractivity contribution in [1.82, 2.24) is 4.98 Å². The molecule has 0 saturated heterocycles. The fraction of sp³-hybridized carbons (Fsp3) is 0.214. The fourth-order valence-corrected chi connectivity index (χ4v) is 1.75. The molecular weight excluding hydrogens is 233 g/mol. The number of rotatable bonds is 3. The molecule has 0 saturated carbocycles. The Hall–Kier alpha value is -1.94. The van der Waals surface area contributed by atoms with Crippen molar-refractivity contribution >= 4 is 0 Å². The molecule has 2 rings (SSSR count). The minimum atomic E-state index is -0.932. The van der Waals surface area contributed by atoms with Crippen molar-refractivity contribution in [3.8, 4) is 5.75 Å². The lowest BCUT2D eigenvalue weighted by molar-refractivity contribution is 0.214. The maximum atomic E-state index is 13.5. The summed E-state index contributed by atoms with van der Waals surface area (Å²) in [7, 11) is 1.50. The van der Waals surface area contributed by atoms with Crippen molar-refractivity contribution in [2.45, 2.75) is 13.0 Å². The smallest absolute Gasteiger partial charge is 0.143 e. The van der Waals surface area contributed by atoms with Gasteiger partial charge in [0.2, 0.25) is 0 Å². The van der Waals surface area contributed by atoms with Crippen molar-refractivity contribution in [3.63, 3.8) is 0 Å². The Morgan fingerprint density at radius 3 is 2.78 bits per heavy atom. The number of pyridine rings is 1. The van der Waals surface area contributed by atoms with Crippen LogP contribution in [0.3, 0.4) is 0 Å². The summed E-state index contributed by atoms with van der Waals surface area (Å²) in [5, 5.41) is 10.2. The first-order valence-electron chi connectivity index (χ1n) is 5.55. The van der Waals surface area contributed by atoms with Gasteiger partial charge in [-0.05, 0) is 30.2 Å². The van der Waals surface area contributed by atoms with Crippen LogP contribution < -0.4 is 4.74 Å². The number of nitrogens with zero attached hydrogens (tertiary/aromatic N) is 1. The number of hydrogen-bond donors (Lipinski definition) is 1. The van der Waals surface area contributed by atoms with Gasteiger partial charge in [0.05, 0.1) is 13.3 Å². The highest BCUT2D eigenvalue weighted by atomic mass is 19.1. The second kappa shape index (κ2) is 5.14. The third kappa shape index (κ3) is 2.33. The molecule has 0 bridgehead atoms. The molecule has 4 heteroatoms. The summed E-state index contributed by atoms with van der Waals surface area (Å²) in [6.07, 6.45) is 2.15. The Kier molecular flexibility index (Phi) is 3.58. The van der Waals surface area contributed by atoms with E-state index in [1.165, 1.54) is 19.4 Å². The number of aliphatic hydroxyl groups is 1. The van der Waals surface area contributed by atoms with Gasteiger partial charge in [0, 0.05) is 11.8 Å². The van der Waals surface area contributed by atoms with Crippen LogP contribution in [-0.4, -0.2) is 17.2 Å². The number of methoxy groups -OCH3 is 1. The van der Waals surface area contributed by atoms with E-state index in [0.29, 0.717) is 22.4 Å². The summed E-state index contributed by atoms with van der Waals surface area (Å²) in [6, 6.07) is 6.33. The summed E-state index contributed by atoms with van der Waals surface area (Å²) in [6.45, 7) is 1.68. The molecule has 18 heavy (non-hydrogen) atoms. The first-order chi connectivity index (χ1) is 8.63. The third-order valence-corrected chi connectivity index (χ3v) is 2.84. The molecule has 0 aliphatic heterocycles. The van der Waals surface area contributed by atoms with Crippen LogP contribution in [0.1, 0.15) is 22.8 Å². The van der Waals surface area contributed by atoms with Crippen LogP contribution in [0.2, 0.25) is 0 Å². The van der Waals surface area contributed by atoms with Gasteiger partial charge in [0.15, 0.2) is 0 Å². The van der Waals surface area contributed by atoms with Crippen LogP contribution in [0.25, 0.3) is 0 Å². The van der Waals surface area contributed by atoms with E-state index in [1.807, 2.05) is 0 Å². The molecule has 1 N–H and O–H groups in total. The summed E-state index contributed by atoms with van der Waals surface area (Å²) in [4.78, 5) is 3.91. The van der Waals surface area contributed by atoms with Gasteiger partial charge < -0.3 is 9.84 Å². The lowest BCUT2D eigenvalue weighted by Gasteiger charge is -2.15. The zero-order valence-electron chi connectivity index (χ0n) is 10.2. The molecule has 2 aromatic rings. The van der Waals surface area contributed by atoms with Crippen molar-refractivity contribution in [2.24, 2.45) is 0 Å². The van der Waals surface area contributed by atoms with E-state index in [2.05, 4.69) is 4.98 Å². The highest BCUT2D eigenvalue weighted by molar-refractivity contribution is 5.39. The Labute approximate surface area is 105 Å². The summed E-state index contributed by atoms with van der Waals surface area (Å²) >= 11 is 0. The standard InChI is InChI=1S/C14H14FNO2/c1-9-3-4-10(7-12(9)15)14(17)11-5-6-16-8-13(11)18-2/h3-8,14,17H,1-2H3. The fourth-order valence-electron chi connectivity index (χ4n) is 1.75. The number of halogens is 1. The van der Waals surface area contributed by atoms with Crippen molar-refractivity contribution in [3.05, 3.63) is 59.2 Å². The van der Waals surface area contributed by atoms with Gasteiger partial charge in [0.1, 0.15) is 17.7 Å². The largest absolute Gasteiger partial charge is 0.495 e. The zero-order chi connectivity index (χ0) is 13.1. The minimum Gasteiger partial charge on any atom is -0.495 e. The predicted molar refractivity (Wildman–Crippen MR) is 66.0 cm³/mol. The molecule has 0 amide bonds. The lowest BCUT2D eigenvalue weighted by atomic mass is 10.0. The topological polar surface area (TPSA) is 42.4 Å². The normalized spacial score (nSPS) is 12.2. The van der Waals surface area contributed by atoms with Crippen molar-refractivity contribution < 1.29 is 14.2 Å². The second-order valence-corrected chi connectivity index (χ2v) is 4.03. The van der Waals surface area contributed by atoms with Gasteiger partial charge in [0.25, 0.3) is 0 Å². The van der Waals surface area contributed by atoms with E-state index in [9.17, 15) is 9.50 Å². The Bertz CT molecular complexity index is 557. The summed E-state index contributed by atoms with van der Waals surface area (Å²) in [5.41, 5.74) is 1.60. The maximum Gasteiger partial charge on any atom is 0.143 e. The van der Waals surface area contributed by atoms with Gasteiger partial charge in [-0.1, -0.05) is 12.1 Å². The van der Waals surface area contributed by atoms with Gasteiger partial charge >= 0.3 is 0 Å². The summed E-state index contributed by atoms with van der Waals surface area (Å²) < 4.78 is 18.6. The molecule has 0 aliphatic carbocycles. The van der Waals surface area contributed by atoms with Crippen molar-refractivity contribution in [2.75, 3.05) is 7.11 Å². The van der Waals surface area contributed by atoms with Crippen LogP contribution >= 0.6 is 0 Å². The number of aromatic nitrogens is 1. The van der Waals surface area contributed by atoms with E-state index >= 15 is 0 Å². The summed E-state index contributed by atoms with van der Waals surface area (Å²) in [5.74, 6) is 0.144. The average molecular weight is 247 g/mol. The SMILES string of the molecule is COc1cnccc1C(O)c1ccc(C)c(F)c1. The van der Waals surface area contributed by atoms with Gasteiger partial charge in [-0.2, -0.15) is 0 Å². The molecule has 1 aromatic carbocycles. The van der Waals surface area contributed by atoms with Crippen LogP contribution in [0.5, 0.6) is 5.75 Å². The molecule has 0 aliphatic rings. The van der Waals surface area contributed by atoms with Gasteiger partial charge in [-0.3, -0.25) is 4.98 Å². The molecule has 1 heterocycles. The average Bonchev–Trinajstić information content (AvgIpc) is 2.41. The zero-order valence-corrected chi connectivity index (χ0v) is 10.2. The molecular formula is C14H14FNO2. The molecule has 0 radical (unpaired) electrons. The molecule has 1 unspecified atom stereocenters. The van der Waals surface area contributed by atoms with E-state index in [-0.39, 0.29) is 5.82 Å².